The highest BCUT2D eigenvalue weighted by Crippen LogP contribution is 2.14. The average molecular weight is 625 g/mol. The molecule has 0 heterocycles. The van der Waals surface area contributed by atoms with Gasteiger partial charge in [-0.05, 0) is 26.7 Å². The van der Waals surface area contributed by atoms with Crippen molar-refractivity contribution in [3.05, 3.63) is 0 Å². The fraction of sp³-hybridized carbons (Fsp3) is 0.971. The molecule has 0 aromatic rings. The highest BCUT2D eigenvalue weighted by Gasteiger charge is 2.02. The van der Waals surface area contributed by atoms with Crippen LogP contribution in [-0.4, -0.2) is 43.9 Å². The van der Waals surface area contributed by atoms with Crippen LogP contribution in [0.1, 0.15) is 195 Å². The minimum atomic E-state index is -4.23. The van der Waals surface area contributed by atoms with Gasteiger partial charge in [-0.3, -0.25) is 9.35 Å². The van der Waals surface area contributed by atoms with Gasteiger partial charge >= 0.3 is 16.4 Å². The maximum Gasteiger partial charge on any atom is 0.397 e. The van der Waals surface area contributed by atoms with E-state index in [9.17, 15) is 13.2 Å². The van der Waals surface area contributed by atoms with Crippen LogP contribution in [0.15, 0.2) is 0 Å². The van der Waals surface area contributed by atoms with Gasteiger partial charge in [-0.2, -0.15) is 8.42 Å². The SMILES string of the molecule is CCCCCCCCCCCCCCCCCC(=O)O.CCCCCCCCCCCCOS(=O)(=O)O.CCOCC. The Hall–Kier alpha value is -0.700. The Bertz CT molecular complexity index is 595. The predicted octanol–water partition coefficient (Wildman–Crippen LogP) is 11.1. The van der Waals surface area contributed by atoms with Gasteiger partial charge in [0.2, 0.25) is 0 Å². The Balaban J connectivity index is -0.000000629. The molecule has 7 nitrogen and oxygen atoms in total. The van der Waals surface area contributed by atoms with E-state index in [2.05, 4.69) is 18.0 Å². The average Bonchev–Trinajstić information content (AvgIpc) is 2.94. The molecule has 0 aliphatic heterocycles. The number of carbonyl (C=O) groups is 1. The number of carboxylic acids is 1. The van der Waals surface area contributed by atoms with Crippen LogP contribution in [0.5, 0.6) is 0 Å². The zero-order chi connectivity index (χ0) is 32.0. The van der Waals surface area contributed by atoms with E-state index in [0.717, 1.165) is 38.9 Å². The number of hydrogen-bond donors (Lipinski definition) is 2. The van der Waals surface area contributed by atoms with Crippen molar-refractivity contribution in [2.24, 2.45) is 0 Å². The molecule has 2 N–H and O–H groups in total. The van der Waals surface area contributed by atoms with Gasteiger partial charge in [0.25, 0.3) is 0 Å². The van der Waals surface area contributed by atoms with Gasteiger partial charge < -0.3 is 9.84 Å². The molecule has 0 atom stereocenters. The summed E-state index contributed by atoms with van der Waals surface area (Å²) in [6.07, 6.45) is 32.1. The van der Waals surface area contributed by atoms with E-state index in [1.165, 1.54) is 128 Å². The summed E-state index contributed by atoms with van der Waals surface area (Å²) in [5, 5.41) is 8.52. The van der Waals surface area contributed by atoms with Crippen LogP contribution in [0.4, 0.5) is 0 Å². The standard InChI is InChI=1S/C18H36O2.C12H26O4S.C4H10O/c1-2-3-4-5-6-7-8-9-10-11-12-13-14-15-16-17-18(19)20;1-2-3-4-5-6-7-8-9-10-11-12-16-17(13,14)15;1-3-5-4-2/h2-17H2,1H3,(H,19,20);2-12H2,1H3,(H,13,14,15);3-4H2,1-2H3. The molecule has 0 bridgehead atoms. The first-order valence-electron chi connectivity index (χ1n) is 17.7. The van der Waals surface area contributed by atoms with Crippen LogP contribution in [0, 0.1) is 0 Å². The Morgan fingerprint density at radius 1 is 0.500 bits per heavy atom. The van der Waals surface area contributed by atoms with E-state index in [1.807, 2.05) is 13.8 Å². The highest BCUT2D eigenvalue weighted by atomic mass is 32.3. The zero-order valence-corrected chi connectivity index (χ0v) is 29.2. The van der Waals surface area contributed by atoms with Crippen LogP contribution in [0.3, 0.4) is 0 Å². The van der Waals surface area contributed by atoms with Gasteiger partial charge in [0.05, 0.1) is 6.61 Å². The minimum absolute atomic E-state index is 0.0926. The molecular formula is C34H72O7S. The molecule has 0 unspecified atom stereocenters. The van der Waals surface area contributed by atoms with Crippen molar-refractivity contribution in [3.63, 3.8) is 0 Å². The van der Waals surface area contributed by atoms with Crippen LogP contribution in [-0.2, 0) is 24.1 Å². The van der Waals surface area contributed by atoms with Crippen molar-refractivity contribution < 1.29 is 31.8 Å². The number of unbranched alkanes of at least 4 members (excludes halogenated alkanes) is 23. The number of aliphatic carboxylic acids is 1. The summed E-state index contributed by atoms with van der Waals surface area (Å²) in [4.78, 5) is 10.3. The largest absolute Gasteiger partial charge is 0.481 e. The summed E-state index contributed by atoms with van der Waals surface area (Å²) >= 11 is 0. The zero-order valence-electron chi connectivity index (χ0n) is 28.4. The lowest BCUT2D eigenvalue weighted by atomic mass is 10.0. The Morgan fingerprint density at radius 2 is 0.786 bits per heavy atom. The van der Waals surface area contributed by atoms with Crippen molar-refractivity contribution in [1.82, 2.24) is 0 Å². The number of rotatable bonds is 30. The third-order valence-corrected chi connectivity index (χ3v) is 7.60. The molecule has 0 aliphatic rings. The van der Waals surface area contributed by atoms with Crippen LogP contribution in [0.25, 0.3) is 0 Å². The van der Waals surface area contributed by atoms with E-state index in [4.69, 9.17) is 14.4 Å². The quantitative estimate of drug-likeness (QED) is 0.0604. The molecule has 0 saturated carbocycles. The second-order valence-electron chi connectivity index (χ2n) is 11.3. The first-order chi connectivity index (χ1) is 20.2. The van der Waals surface area contributed by atoms with E-state index in [0.29, 0.717) is 12.8 Å². The third-order valence-electron chi connectivity index (χ3n) is 7.13. The van der Waals surface area contributed by atoms with Crippen molar-refractivity contribution in [3.8, 4) is 0 Å². The first-order valence-corrected chi connectivity index (χ1v) is 19.0. The Kier molecular flexibility index (Phi) is 43.9. The molecule has 8 heteroatoms. The lowest BCUT2D eigenvalue weighted by molar-refractivity contribution is -0.137. The molecule has 42 heavy (non-hydrogen) atoms. The summed E-state index contributed by atoms with van der Waals surface area (Å²) in [6.45, 7) is 10.2. The summed E-state index contributed by atoms with van der Waals surface area (Å²) in [6, 6.07) is 0. The van der Waals surface area contributed by atoms with Gasteiger partial charge in [-0.15, -0.1) is 0 Å². The molecule has 0 spiro atoms. The van der Waals surface area contributed by atoms with Crippen molar-refractivity contribution in [2.45, 2.75) is 195 Å². The normalized spacial score (nSPS) is 11.0. The van der Waals surface area contributed by atoms with Crippen LogP contribution >= 0.6 is 0 Å². The van der Waals surface area contributed by atoms with Gasteiger partial charge in [0.15, 0.2) is 0 Å². The minimum Gasteiger partial charge on any atom is -0.481 e. The topological polar surface area (TPSA) is 110 Å². The van der Waals surface area contributed by atoms with Crippen molar-refractivity contribution in [2.75, 3.05) is 19.8 Å². The monoisotopic (exact) mass is 624 g/mol. The molecule has 0 fully saturated rings. The highest BCUT2D eigenvalue weighted by molar-refractivity contribution is 7.80. The summed E-state index contributed by atoms with van der Waals surface area (Å²) in [5.41, 5.74) is 0. The molecule has 0 radical (unpaired) electrons. The predicted molar refractivity (Wildman–Crippen MR) is 179 cm³/mol. The van der Waals surface area contributed by atoms with Crippen molar-refractivity contribution >= 4 is 16.4 Å². The third kappa shape index (κ3) is 55.3. The molecule has 0 aromatic carbocycles. The first kappa shape index (κ1) is 45.7. The maximum atomic E-state index is 10.3. The van der Waals surface area contributed by atoms with E-state index in [1.54, 1.807) is 0 Å². The van der Waals surface area contributed by atoms with E-state index < -0.39 is 16.4 Å². The number of carboxylic acid groups (broad SMARTS) is 1. The molecule has 0 aromatic heterocycles. The Labute approximate surface area is 262 Å². The second-order valence-corrected chi connectivity index (χ2v) is 12.4. The Morgan fingerprint density at radius 3 is 1.02 bits per heavy atom. The van der Waals surface area contributed by atoms with E-state index >= 15 is 0 Å². The fourth-order valence-electron chi connectivity index (χ4n) is 4.61. The lowest BCUT2D eigenvalue weighted by Gasteiger charge is -2.03. The van der Waals surface area contributed by atoms with Gasteiger partial charge in [0.1, 0.15) is 0 Å². The molecule has 0 saturated heterocycles. The molecule has 256 valence electrons. The molecule has 0 rings (SSSR count). The fourth-order valence-corrected chi connectivity index (χ4v) is 4.93. The summed E-state index contributed by atoms with van der Waals surface area (Å²) in [7, 11) is -4.23. The van der Waals surface area contributed by atoms with Gasteiger partial charge in [-0.1, -0.05) is 162 Å². The lowest BCUT2D eigenvalue weighted by Crippen LogP contribution is -2.04. The second kappa shape index (κ2) is 40.3. The molecule has 0 amide bonds. The summed E-state index contributed by atoms with van der Waals surface area (Å²) in [5.74, 6) is -0.653. The maximum absolute atomic E-state index is 10.3. The van der Waals surface area contributed by atoms with E-state index in [-0.39, 0.29) is 6.61 Å². The van der Waals surface area contributed by atoms with Crippen molar-refractivity contribution in [1.29, 1.82) is 0 Å². The molecular weight excluding hydrogens is 552 g/mol. The smallest absolute Gasteiger partial charge is 0.397 e. The summed E-state index contributed by atoms with van der Waals surface area (Å²) < 4.78 is 37.8. The number of ether oxygens (including phenoxy) is 1. The molecule has 0 aliphatic carbocycles. The van der Waals surface area contributed by atoms with Gasteiger partial charge in [-0.25, -0.2) is 4.18 Å². The number of hydrogen-bond acceptors (Lipinski definition) is 5. The van der Waals surface area contributed by atoms with Crippen LogP contribution < -0.4 is 0 Å². The van der Waals surface area contributed by atoms with Gasteiger partial charge in [0, 0.05) is 19.6 Å². The van der Waals surface area contributed by atoms with Crippen LogP contribution in [0.2, 0.25) is 0 Å².